The van der Waals surface area contributed by atoms with Gasteiger partial charge < -0.3 is 4.74 Å². The second-order valence-corrected chi connectivity index (χ2v) is 3.57. The van der Waals surface area contributed by atoms with Gasteiger partial charge in [-0.2, -0.15) is 5.26 Å². The molecular weight excluding hydrogens is 214 g/mol. The molecule has 4 heteroatoms. The molecule has 2 aromatic heterocycles. The van der Waals surface area contributed by atoms with Crippen molar-refractivity contribution in [3.8, 4) is 22.9 Å². The van der Waals surface area contributed by atoms with Gasteiger partial charge in [0.25, 0.3) is 0 Å². The molecule has 4 nitrogen and oxygen atoms in total. The Labute approximate surface area is 99.5 Å². The van der Waals surface area contributed by atoms with Gasteiger partial charge in [-0.25, -0.2) is 4.98 Å². The third kappa shape index (κ3) is 2.23. The Morgan fingerprint density at radius 1 is 1.29 bits per heavy atom. The Balaban J connectivity index is 2.61. The fraction of sp³-hybridized carbons (Fsp3) is 0.154. The number of methoxy groups -OCH3 is 1. The predicted molar refractivity (Wildman–Crippen MR) is 63.5 cm³/mol. The van der Waals surface area contributed by atoms with Gasteiger partial charge in [0.15, 0.2) is 0 Å². The Kier molecular flexibility index (Phi) is 3.01. The Hall–Kier alpha value is -2.41. The van der Waals surface area contributed by atoms with Gasteiger partial charge in [0, 0.05) is 17.5 Å². The van der Waals surface area contributed by atoms with Crippen LogP contribution in [0.3, 0.4) is 0 Å². The van der Waals surface area contributed by atoms with E-state index in [0.717, 1.165) is 16.8 Å². The minimum atomic E-state index is 0.371. The smallest absolute Gasteiger partial charge is 0.145 e. The van der Waals surface area contributed by atoms with Crippen LogP contribution < -0.4 is 4.74 Å². The minimum Gasteiger partial charge on any atom is -0.494 e. The summed E-state index contributed by atoms with van der Waals surface area (Å²) < 4.78 is 5.25. The second-order valence-electron chi connectivity index (χ2n) is 3.57. The molecule has 2 aromatic rings. The highest BCUT2D eigenvalue weighted by molar-refractivity contribution is 5.70. The zero-order chi connectivity index (χ0) is 12.3. The van der Waals surface area contributed by atoms with E-state index in [1.165, 1.54) is 0 Å². The summed E-state index contributed by atoms with van der Waals surface area (Å²) in [5.41, 5.74) is 3.10. The lowest BCUT2D eigenvalue weighted by Crippen LogP contribution is -1.92. The van der Waals surface area contributed by atoms with Crippen LogP contribution in [0.2, 0.25) is 0 Å². The lowest BCUT2D eigenvalue weighted by atomic mass is 10.1. The van der Waals surface area contributed by atoms with E-state index in [2.05, 4.69) is 9.97 Å². The summed E-state index contributed by atoms with van der Waals surface area (Å²) >= 11 is 0. The van der Waals surface area contributed by atoms with Crippen LogP contribution in [0.1, 0.15) is 11.4 Å². The van der Waals surface area contributed by atoms with Gasteiger partial charge in [-0.05, 0) is 30.7 Å². The highest BCUT2D eigenvalue weighted by atomic mass is 16.5. The fourth-order valence-corrected chi connectivity index (χ4v) is 1.61. The topological polar surface area (TPSA) is 58.8 Å². The van der Waals surface area contributed by atoms with Crippen LogP contribution in [0.25, 0.3) is 11.1 Å². The summed E-state index contributed by atoms with van der Waals surface area (Å²) in [6.45, 7) is 1.92. The molecule has 0 saturated heterocycles. The molecule has 0 aliphatic carbocycles. The third-order valence-electron chi connectivity index (χ3n) is 2.41. The molecule has 0 aromatic carbocycles. The molecule has 0 radical (unpaired) electrons. The maximum Gasteiger partial charge on any atom is 0.145 e. The van der Waals surface area contributed by atoms with Crippen LogP contribution in [-0.4, -0.2) is 17.1 Å². The van der Waals surface area contributed by atoms with Crippen LogP contribution in [-0.2, 0) is 0 Å². The molecule has 0 spiro atoms. The van der Waals surface area contributed by atoms with Crippen LogP contribution in [0, 0.1) is 18.3 Å². The minimum absolute atomic E-state index is 0.371. The molecule has 0 atom stereocenters. The first-order chi connectivity index (χ1) is 8.24. The Morgan fingerprint density at radius 3 is 2.76 bits per heavy atom. The molecular formula is C13H11N3O. The zero-order valence-electron chi connectivity index (χ0n) is 9.64. The molecule has 0 aliphatic rings. The molecule has 0 amide bonds. The van der Waals surface area contributed by atoms with Gasteiger partial charge in [0.1, 0.15) is 17.5 Å². The summed E-state index contributed by atoms with van der Waals surface area (Å²) in [5.74, 6) is 0.648. The standard InChI is InChI=1S/C13H11N3O/c1-9-5-10(3-4-15-9)12-6-11(7-14)16-8-13(12)17-2/h3-6,8H,1-2H3. The number of nitrogens with zero attached hydrogens (tertiary/aromatic N) is 3. The van der Waals surface area contributed by atoms with Crippen LogP contribution >= 0.6 is 0 Å². The van der Waals surface area contributed by atoms with E-state index in [1.807, 2.05) is 25.1 Å². The first-order valence-electron chi connectivity index (χ1n) is 5.11. The molecule has 0 N–H and O–H groups in total. The number of ether oxygens (including phenoxy) is 1. The van der Waals surface area contributed by atoms with Gasteiger partial charge in [-0.1, -0.05) is 0 Å². The van der Waals surface area contributed by atoms with Crippen molar-refractivity contribution in [2.24, 2.45) is 0 Å². The predicted octanol–water partition coefficient (Wildman–Crippen LogP) is 2.33. The SMILES string of the molecule is COc1cnc(C#N)cc1-c1ccnc(C)c1. The average Bonchev–Trinajstić information content (AvgIpc) is 2.38. The van der Waals surface area contributed by atoms with Gasteiger partial charge in [-0.3, -0.25) is 4.98 Å². The van der Waals surface area contributed by atoms with Crippen LogP contribution in [0.15, 0.2) is 30.6 Å². The fourth-order valence-electron chi connectivity index (χ4n) is 1.61. The highest BCUT2D eigenvalue weighted by Crippen LogP contribution is 2.29. The number of hydrogen-bond acceptors (Lipinski definition) is 4. The molecule has 84 valence electrons. The monoisotopic (exact) mass is 225 g/mol. The number of aromatic nitrogens is 2. The maximum absolute atomic E-state index is 8.86. The normalized spacial score (nSPS) is 9.71. The number of aryl methyl sites for hydroxylation is 1. The molecule has 17 heavy (non-hydrogen) atoms. The third-order valence-corrected chi connectivity index (χ3v) is 2.41. The number of hydrogen-bond donors (Lipinski definition) is 0. The molecule has 0 bridgehead atoms. The van der Waals surface area contributed by atoms with Gasteiger partial charge in [-0.15, -0.1) is 0 Å². The molecule has 0 saturated carbocycles. The van der Waals surface area contributed by atoms with Crippen molar-refractivity contribution in [2.75, 3.05) is 7.11 Å². The van der Waals surface area contributed by atoms with Crippen molar-refractivity contribution in [1.82, 2.24) is 9.97 Å². The van der Waals surface area contributed by atoms with E-state index in [4.69, 9.17) is 10.00 Å². The van der Waals surface area contributed by atoms with Gasteiger partial charge in [0.05, 0.1) is 13.3 Å². The van der Waals surface area contributed by atoms with Crippen molar-refractivity contribution >= 4 is 0 Å². The summed E-state index contributed by atoms with van der Waals surface area (Å²) in [6.07, 6.45) is 3.29. The molecule has 0 aliphatic heterocycles. The van der Waals surface area contributed by atoms with E-state index in [0.29, 0.717) is 11.4 Å². The molecule has 2 rings (SSSR count). The van der Waals surface area contributed by atoms with Crippen molar-refractivity contribution < 1.29 is 4.74 Å². The summed E-state index contributed by atoms with van der Waals surface area (Å²) in [5, 5.41) is 8.86. The summed E-state index contributed by atoms with van der Waals surface area (Å²) in [4.78, 5) is 8.12. The molecule has 2 heterocycles. The maximum atomic E-state index is 8.86. The van der Waals surface area contributed by atoms with Crippen molar-refractivity contribution in [2.45, 2.75) is 6.92 Å². The number of nitriles is 1. The van der Waals surface area contributed by atoms with E-state index in [9.17, 15) is 0 Å². The van der Waals surface area contributed by atoms with Crippen molar-refractivity contribution in [3.05, 3.63) is 42.0 Å². The zero-order valence-corrected chi connectivity index (χ0v) is 9.64. The molecule has 0 unspecified atom stereocenters. The van der Waals surface area contributed by atoms with Gasteiger partial charge >= 0.3 is 0 Å². The lowest BCUT2D eigenvalue weighted by Gasteiger charge is -2.08. The first kappa shape index (κ1) is 11.1. The number of rotatable bonds is 2. The summed E-state index contributed by atoms with van der Waals surface area (Å²) in [7, 11) is 1.58. The Bertz CT molecular complexity index is 587. The second kappa shape index (κ2) is 4.62. The molecule has 0 fully saturated rings. The number of pyridine rings is 2. The Morgan fingerprint density at radius 2 is 2.12 bits per heavy atom. The van der Waals surface area contributed by atoms with E-state index >= 15 is 0 Å². The van der Waals surface area contributed by atoms with E-state index in [1.54, 1.807) is 25.6 Å². The highest BCUT2D eigenvalue weighted by Gasteiger charge is 2.08. The average molecular weight is 225 g/mol. The van der Waals surface area contributed by atoms with E-state index in [-0.39, 0.29) is 0 Å². The van der Waals surface area contributed by atoms with E-state index < -0.39 is 0 Å². The first-order valence-corrected chi connectivity index (χ1v) is 5.11. The summed E-state index contributed by atoms with van der Waals surface area (Å²) in [6, 6.07) is 7.56. The van der Waals surface area contributed by atoms with Crippen molar-refractivity contribution in [3.63, 3.8) is 0 Å². The van der Waals surface area contributed by atoms with Gasteiger partial charge in [0.2, 0.25) is 0 Å². The quantitative estimate of drug-likeness (QED) is 0.787. The largest absolute Gasteiger partial charge is 0.494 e. The van der Waals surface area contributed by atoms with Crippen LogP contribution in [0.5, 0.6) is 5.75 Å². The van der Waals surface area contributed by atoms with Crippen molar-refractivity contribution in [1.29, 1.82) is 5.26 Å². The lowest BCUT2D eigenvalue weighted by molar-refractivity contribution is 0.414. The van der Waals surface area contributed by atoms with Crippen LogP contribution in [0.4, 0.5) is 0 Å².